The summed E-state index contributed by atoms with van der Waals surface area (Å²) in [5, 5.41) is 12.4. The van der Waals surface area contributed by atoms with Crippen LogP contribution in [0.15, 0.2) is 35.9 Å². The fraction of sp³-hybridized carbons (Fsp3) is 0.438. The number of nitriles is 1. The van der Waals surface area contributed by atoms with Gasteiger partial charge in [0.15, 0.2) is 0 Å². The fourth-order valence-electron chi connectivity index (χ4n) is 2.85. The number of hydrogen-bond acceptors (Lipinski definition) is 2. The van der Waals surface area contributed by atoms with Gasteiger partial charge in [-0.25, -0.2) is 4.39 Å². The molecule has 0 spiro atoms. The van der Waals surface area contributed by atoms with Crippen LogP contribution in [0.2, 0.25) is 0 Å². The third-order valence-corrected chi connectivity index (χ3v) is 3.62. The second kappa shape index (κ2) is 5.88. The first-order chi connectivity index (χ1) is 9.10. The lowest BCUT2D eigenvalue weighted by Crippen LogP contribution is -2.31. The molecule has 0 fully saturated rings. The Balaban J connectivity index is 2.12. The molecule has 0 aliphatic heterocycles. The Bertz CT molecular complexity index is 516. The highest BCUT2D eigenvalue weighted by Crippen LogP contribution is 2.31. The molecule has 100 valence electrons. The highest BCUT2D eigenvalue weighted by atomic mass is 19.1. The highest BCUT2D eigenvalue weighted by molar-refractivity contribution is 5.46. The molecule has 1 aromatic carbocycles. The van der Waals surface area contributed by atoms with E-state index in [0.717, 1.165) is 12.8 Å². The zero-order valence-corrected chi connectivity index (χ0v) is 11.4. The van der Waals surface area contributed by atoms with E-state index in [1.54, 1.807) is 18.2 Å². The molecule has 1 aliphatic rings. The van der Waals surface area contributed by atoms with E-state index in [1.165, 1.54) is 11.6 Å². The van der Waals surface area contributed by atoms with Crippen LogP contribution in [0.4, 0.5) is 10.1 Å². The molecule has 2 rings (SSSR count). The summed E-state index contributed by atoms with van der Waals surface area (Å²) >= 11 is 0. The Morgan fingerprint density at radius 2 is 2.16 bits per heavy atom. The minimum atomic E-state index is -0.344. The Hall–Kier alpha value is -1.82. The third-order valence-electron chi connectivity index (χ3n) is 3.62. The molecule has 0 bridgehead atoms. The fourth-order valence-corrected chi connectivity index (χ4v) is 2.85. The van der Waals surface area contributed by atoms with Gasteiger partial charge < -0.3 is 5.32 Å². The molecular weight excluding hydrogens is 239 g/mol. The first-order valence-corrected chi connectivity index (χ1v) is 6.68. The summed E-state index contributed by atoms with van der Waals surface area (Å²) in [5.74, 6) is 0.417. The largest absolute Gasteiger partial charge is 0.367 e. The van der Waals surface area contributed by atoms with Crippen LogP contribution < -0.4 is 5.32 Å². The van der Waals surface area contributed by atoms with E-state index in [9.17, 15) is 9.65 Å². The number of allylic oxidation sites excluding steroid dienone is 2. The van der Waals surface area contributed by atoms with Crippen molar-refractivity contribution in [1.29, 1.82) is 5.26 Å². The zero-order chi connectivity index (χ0) is 13.8. The van der Waals surface area contributed by atoms with Gasteiger partial charge in [0.25, 0.3) is 0 Å². The molecule has 1 aromatic rings. The number of nitrogens with zero attached hydrogens (tertiary/aromatic N) is 1. The van der Waals surface area contributed by atoms with Crippen molar-refractivity contribution in [3.63, 3.8) is 0 Å². The maximum Gasteiger partial charge on any atom is 0.146 e. The lowest BCUT2D eigenvalue weighted by Gasteiger charge is -2.29. The quantitative estimate of drug-likeness (QED) is 0.828. The van der Waals surface area contributed by atoms with Crippen LogP contribution in [-0.4, -0.2) is 6.04 Å². The van der Waals surface area contributed by atoms with Gasteiger partial charge in [0.1, 0.15) is 11.9 Å². The molecule has 3 unspecified atom stereocenters. The van der Waals surface area contributed by atoms with Crippen LogP contribution in [0.25, 0.3) is 0 Å². The van der Waals surface area contributed by atoms with E-state index in [1.807, 2.05) is 0 Å². The normalized spacial score (nSPS) is 24.2. The Morgan fingerprint density at radius 1 is 1.42 bits per heavy atom. The van der Waals surface area contributed by atoms with Gasteiger partial charge in [-0.1, -0.05) is 30.7 Å². The van der Waals surface area contributed by atoms with Crippen molar-refractivity contribution in [2.75, 3.05) is 5.32 Å². The molecule has 0 amide bonds. The number of rotatable bonds is 3. The SMILES string of the molecule is CC1=CC(C)CC(C(C#N)Nc2ccccc2F)C1. The van der Waals surface area contributed by atoms with Crippen molar-refractivity contribution >= 4 is 5.69 Å². The standard InChI is InChI=1S/C16H19FN2/c1-11-7-12(2)9-13(8-11)16(10-18)19-15-6-4-3-5-14(15)17/h3-7,11,13,16,19H,8-9H2,1-2H3. The Morgan fingerprint density at radius 3 is 2.79 bits per heavy atom. The smallest absolute Gasteiger partial charge is 0.146 e. The number of halogens is 1. The van der Waals surface area contributed by atoms with E-state index in [2.05, 4.69) is 31.3 Å². The summed E-state index contributed by atoms with van der Waals surface area (Å²) in [7, 11) is 0. The van der Waals surface area contributed by atoms with Crippen LogP contribution >= 0.6 is 0 Å². The number of nitrogens with one attached hydrogen (secondary N) is 1. The van der Waals surface area contributed by atoms with Crippen molar-refractivity contribution in [2.45, 2.75) is 32.7 Å². The van der Waals surface area contributed by atoms with Crippen molar-refractivity contribution < 1.29 is 4.39 Å². The van der Waals surface area contributed by atoms with Crippen LogP contribution in [-0.2, 0) is 0 Å². The average molecular weight is 258 g/mol. The van der Waals surface area contributed by atoms with Crippen molar-refractivity contribution in [3.8, 4) is 6.07 Å². The van der Waals surface area contributed by atoms with E-state index >= 15 is 0 Å². The highest BCUT2D eigenvalue weighted by Gasteiger charge is 2.26. The molecule has 0 heterocycles. The minimum Gasteiger partial charge on any atom is -0.367 e. The zero-order valence-electron chi connectivity index (χ0n) is 11.4. The van der Waals surface area contributed by atoms with Gasteiger partial charge >= 0.3 is 0 Å². The summed E-state index contributed by atoms with van der Waals surface area (Å²) in [5.41, 5.74) is 1.73. The maximum atomic E-state index is 13.6. The van der Waals surface area contributed by atoms with E-state index in [4.69, 9.17) is 0 Å². The molecule has 0 aromatic heterocycles. The molecule has 19 heavy (non-hydrogen) atoms. The van der Waals surface area contributed by atoms with Crippen LogP contribution in [0, 0.1) is 29.0 Å². The van der Waals surface area contributed by atoms with Gasteiger partial charge in [-0.2, -0.15) is 5.26 Å². The lowest BCUT2D eigenvalue weighted by molar-refractivity contribution is 0.388. The molecule has 2 nitrogen and oxygen atoms in total. The van der Waals surface area contributed by atoms with Gasteiger partial charge in [0, 0.05) is 0 Å². The average Bonchev–Trinajstić information content (AvgIpc) is 2.36. The number of benzene rings is 1. The van der Waals surface area contributed by atoms with Gasteiger partial charge in [0.2, 0.25) is 0 Å². The Labute approximate surface area is 113 Å². The lowest BCUT2D eigenvalue weighted by atomic mass is 9.80. The van der Waals surface area contributed by atoms with Crippen molar-refractivity contribution in [1.82, 2.24) is 0 Å². The van der Waals surface area contributed by atoms with Gasteiger partial charge in [-0.05, 0) is 43.7 Å². The van der Waals surface area contributed by atoms with Crippen LogP contribution in [0.5, 0.6) is 0 Å². The Kier molecular flexibility index (Phi) is 4.21. The molecule has 3 heteroatoms. The molecule has 1 aliphatic carbocycles. The first kappa shape index (κ1) is 13.6. The van der Waals surface area contributed by atoms with E-state index in [0.29, 0.717) is 11.6 Å². The molecular formula is C16H19FN2. The second-order valence-corrected chi connectivity index (χ2v) is 5.42. The molecule has 0 saturated carbocycles. The molecule has 0 saturated heterocycles. The molecule has 1 N–H and O–H groups in total. The summed E-state index contributed by atoms with van der Waals surface area (Å²) < 4.78 is 13.6. The van der Waals surface area contributed by atoms with E-state index in [-0.39, 0.29) is 17.8 Å². The topological polar surface area (TPSA) is 35.8 Å². The second-order valence-electron chi connectivity index (χ2n) is 5.42. The van der Waals surface area contributed by atoms with Gasteiger partial charge in [-0.15, -0.1) is 0 Å². The monoisotopic (exact) mass is 258 g/mol. The number of hydrogen-bond donors (Lipinski definition) is 1. The van der Waals surface area contributed by atoms with Crippen molar-refractivity contribution in [3.05, 3.63) is 41.7 Å². The van der Waals surface area contributed by atoms with Gasteiger partial charge in [0.05, 0.1) is 11.8 Å². The predicted molar refractivity (Wildman–Crippen MR) is 75.1 cm³/mol. The van der Waals surface area contributed by atoms with E-state index < -0.39 is 0 Å². The summed E-state index contributed by atoms with van der Waals surface area (Å²) in [6, 6.07) is 8.45. The molecule has 0 radical (unpaired) electrons. The molecule has 3 atom stereocenters. The summed E-state index contributed by atoms with van der Waals surface area (Å²) in [6.45, 7) is 4.26. The summed E-state index contributed by atoms with van der Waals surface area (Å²) in [6.07, 6.45) is 4.13. The van der Waals surface area contributed by atoms with Crippen molar-refractivity contribution in [2.24, 2.45) is 11.8 Å². The van der Waals surface area contributed by atoms with Gasteiger partial charge in [-0.3, -0.25) is 0 Å². The predicted octanol–water partition coefficient (Wildman–Crippen LogP) is 4.12. The third kappa shape index (κ3) is 3.35. The first-order valence-electron chi connectivity index (χ1n) is 6.68. The maximum absolute atomic E-state index is 13.6. The number of anilines is 1. The summed E-state index contributed by atoms with van der Waals surface area (Å²) in [4.78, 5) is 0. The minimum absolute atomic E-state index is 0.240. The van der Waals surface area contributed by atoms with Crippen LogP contribution in [0.3, 0.4) is 0 Å². The van der Waals surface area contributed by atoms with Crippen LogP contribution in [0.1, 0.15) is 26.7 Å². The number of para-hydroxylation sites is 1.